The highest BCUT2D eigenvalue weighted by Gasteiger charge is 2.33. The number of ketones is 1. The Hall–Kier alpha value is 0.370. The minimum absolute atomic E-state index is 0.0415. The van der Waals surface area contributed by atoms with Crippen molar-refractivity contribution in [1.29, 1.82) is 0 Å². The highest BCUT2D eigenvalue weighted by molar-refractivity contribution is 9.12. The third-order valence-electron chi connectivity index (χ3n) is 2.69. The number of rotatable bonds is 2. The van der Waals surface area contributed by atoms with Crippen LogP contribution < -0.4 is 0 Å². The van der Waals surface area contributed by atoms with Crippen LogP contribution in [0.5, 0.6) is 0 Å². The molecule has 1 aliphatic rings. The molecule has 1 nitrogen and oxygen atoms in total. The van der Waals surface area contributed by atoms with Gasteiger partial charge >= 0.3 is 0 Å². The van der Waals surface area contributed by atoms with E-state index in [4.69, 9.17) is 0 Å². The highest BCUT2D eigenvalue weighted by atomic mass is 79.9. The molecule has 1 aliphatic carbocycles. The molecule has 0 aromatic carbocycles. The van der Waals surface area contributed by atoms with E-state index in [1.165, 1.54) is 0 Å². The van der Waals surface area contributed by atoms with E-state index in [-0.39, 0.29) is 4.32 Å². The number of allylic oxidation sites excluding steroid dienone is 2. The first-order chi connectivity index (χ1) is 5.97. The quantitative estimate of drug-likeness (QED) is 0.714. The van der Waals surface area contributed by atoms with Gasteiger partial charge in [0, 0.05) is 16.1 Å². The summed E-state index contributed by atoms with van der Waals surface area (Å²) >= 11 is 7.12. The van der Waals surface area contributed by atoms with E-state index in [1.807, 2.05) is 6.92 Å². The zero-order valence-corrected chi connectivity index (χ0v) is 11.1. The summed E-state index contributed by atoms with van der Waals surface area (Å²) in [6.45, 7) is 4.03. The minimum atomic E-state index is 0.0415. The van der Waals surface area contributed by atoms with Crippen molar-refractivity contribution in [2.75, 3.05) is 5.33 Å². The molecule has 74 valence electrons. The van der Waals surface area contributed by atoms with E-state index in [0.29, 0.717) is 18.1 Å². The molecule has 0 aromatic rings. The van der Waals surface area contributed by atoms with Crippen LogP contribution >= 0.6 is 31.9 Å². The van der Waals surface area contributed by atoms with Gasteiger partial charge in [-0.15, -0.1) is 0 Å². The second-order valence-electron chi connectivity index (χ2n) is 3.86. The van der Waals surface area contributed by atoms with E-state index >= 15 is 0 Å². The van der Waals surface area contributed by atoms with Crippen LogP contribution in [0.1, 0.15) is 26.7 Å². The summed E-state index contributed by atoms with van der Waals surface area (Å²) in [6.07, 6.45) is 3.74. The van der Waals surface area contributed by atoms with Crippen molar-refractivity contribution in [2.45, 2.75) is 31.0 Å². The number of halogens is 2. The zero-order valence-electron chi connectivity index (χ0n) is 7.94. The van der Waals surface area contributed by atoms with E-state index in [2.05, 4.69) is 44.9 Å². The Morgan fingerprint density at radius 3 is 2.77 bits per heavy atom. The largest absolute Gasteiger partial charge is 0.295 e. The predicted octanol–water partition coefficient (Wildman–Crippen LogP) is 3.46. The molecule has 0 N–H and O–H groups in total. The van der Waals surface area contributed by atoms with Gasteiger partial charge in [-0.25, -0.2) is 0 Å². The lowest BCUT2D eigenvalue weighted by Gasteiger charge is -2.32. The van der Waals surface area contributed by atoms with Crippen LogP contribution in [-0.2, 0) is 4.79 Å². The van der Waals surface area contributed by atoms with Gasteiger partial charge in [0.25, 0.3) is 0 Å². The van der Waals surface area contributed by atoms with E-state index < -0.39 is 0 Å². The summed E-state index contributed by atoms with van der Waals surface area (Å²) in [5, 5.41) is 0.880. The fraction of sp³-hybridized carbons (Fsp3) is 0.700. The van der Waals surface area contributed by atoms with E-state index in [1.54, 1.807) is 0 Å². The molecule has 0 fully saturated rings. The fourth-order valence-electron chi connectivity index (χ4n) is 1.47. The minimum Gasteiger partial charge on any atom is -0.295 e. The first-order valence-corrected chi connectivity index (χ1v) is 6.33. The molecule has 0 heterocycles. The third-order valence-corrected chi connectivity index (χ3v) is 5.54. The maximum Gasteiger partial charge on any atom is 0.158 e. The Balaban J connectivity index is 2.73. The van der Waals surface area contributed by atoms with Gasteiger partial charge in [0.05, 0.1) is 0 Å². The highest BCUT2D eigenvalue weighted by Crippen LogP contribution is 2.37. The summed E-state index contributed by atoms with van der Waals surface area (Å²) in [6, 6.07) is 0. The van der Waals surface area contributed by atoms with Crippen LogP contribution in [-0.4, -0.2) is 15.4 Å². The van der Waals surface area contributed by atoms with Crippen LogP contribution in [0.4, 0.5) is 0 Å². The summed E-state index contributed by atoms with van der Waals surface area (Å²) < 4.78 is 0.0415. The van der Waals surface area contributed by atoms with Gasteiger partial charge < -0.3 is 0 Å². The Labute approximate surface area is 96.2 Å². The molecule has 0 radical (unpaired) electrons. The molecule has 0 saturated carbocycles. The predicted molar refractivity (Wildman–Crippen MR) is 62.6 cm³/mol. The van der Waals surface area contributed by atoms with E-state index in [0.717, 1.165) is 17.3 Å². The topological polar surface area (TPSA) is 17.1 Å². The van der Waals surface area contributed by atoms with Crippen molar-refractivity contribution in [3.05, 3.63) is 11.6 Å². The van der Waals surface area contributed by atoms with Crippen LogP contribution in [0.15, 0.2) is 11.6 Å². The van der Waals surface area contributed by atoms with Gasteiger partial charge in [-0.1, -0.05) is 37.9 Å². The lowest BCUT2D eigenvalue weighted by atomic mass is 9.82. The maximum absolute atomic E-state index is 11.5. The third kappa shape index (κ3) is 2.66. The number of carbonyl (C=O) groups excluding carboxylic acids is 1. The second kappa shape index (κ2) is 4.26. The number of carbonyl (C=O) groups is 1. The number of hydrogen-bond acceptors (Lipinski definition) is 1. The molecule has 1 rings (SSSR count). The van der Waals surface area contributed by atoms with E-state index in [9.17, 15) is 4.79 Å². The molecule has 0 bridgehead atoms. The smallest absolute Gasteiger partial charge is 0.158 e. The fourth-order valence-corrected chi connectivity index (χ4v) is 2.28. The summed E-state index contributed by atoms with van der Waals surface area (Å²) in [5.74, 6) is 0.714. The number of hydrogen-bond donors (Lipinski definition) is 0. The van der Waals surface area contributed by atoms with Gasteiger partial charge in [-0.2, -0.15) is 0 Å². The number of Topliss-reactive ketones (excluding diaryl/α,β-unsaturated/α-hetero) is 1. The Bertz CT molecular complexity index is 243. The standard InChI is InChI=1S/C10H14Br2O/c1-7-3-4-8(5-9(7)13)10(2,12)6-11/h3,8H,4-6H2,1-2H3/t8-,10-/m1/s1. The molecule has 13 heavy (non-hydrogen) atoms. The second-order valence-corrected chi connectivity index (χ2v) is 6.23. The summed E-state index contributed by atoms with van der Waals surface area (Å²) in [4.78, 5) is 11.5. The van der Waals surface area contributed by atoms with Gasteiger partial charge in [-0.05, 0) is 31.8 Å². The molecular formula is C10H14Br2O. The lowest BCUT2D eigenvalue weighted by Crippen LogP contribution is -2.33. The molecule has 0 spiro atoms. The Morgan fingerprint density at radius 2 is 2.31 bits per heavy atom. The first kappa shape index (κ1) is 11.4. The molecule has 0 unspecified atom stereocenters. The lowest BCUT2D eigenvalue weighted by molar-refractivity contribution is -0.117. The van der Waals surface area contributed by atoms with Gasteiger partial charge in [0.15, 0.2) is 5.78 Å². The van der Waals surface area contributed by atoms with Gasteiger partial charge in [0.1, 0.15) is 0 Å². The van der Waals surface area contributed by atoms with Crippen molar-refractivity contribution < 1.29 is 4.79 Å². The van der Waals surface area contributed by atoms with Gasteiger partial charge in [-0.3, -0.25) is 4.79 Å². The molecule has 0 amide bonds. The average molecular weight is 310 g/mol. The Kier molecular flexibility index (Phi) is 3.75. The van der Waals surface area contributed by atoms with Crippen molar-refractivity contribution >= 4 is 37.6 Å². The van der Waals surface area contributed by atoms with Crippen molar-refractivity contribution in [3.63, 3.8) is 0 Å². The van der Waals surface area contributed by atoms with Crippen LogP contribution in [0.3, 0.4) is 0 Å². The van der Waals surface area contributed by atoms with Crippen molar-refractivity contribution in [1.82, 2.24) is 0 Å². The summed E-state index contributed by atoms with van der Waals surface area (Å²) in [5.41, 5.74) is 0.925. The van der Waals surface area contributed by atoms with Crippen molar-refractivity contribution in [3.8, 4) is 0 Å². The van der Waals surface area contributed by atoms with Crippen LogP contribution in [0.25, 0.3) is 0 Å². The van der Waals surface area contributed by atoms with Crippen LogP contribution in [0, 0.1) is 5.92 Å². The first-order valence-electron chi connectivity index (χ1n) is 4.42. The SMILES string of the molecule is CC1=CC[C@@H]([C@](C)(Br)CBr)CC1=O. The van der Waals surface area contributed by atoms with Crippen LogP contribution in [0.2, 0.25) is 0 Å². The average Bonchev–Trinajstić information content (AvgIpc) is 2.09. The van der Waals surface area contributed by atoms with Gasteiger partial charge in [0.2, 0.25) is 0 Å². The number of alkyl halides is 2. The molecule has 0 saturated heterocycles. The monoisotopic (exact) mass is 308 g/mol. The zero-order chi connectivity index (χ0) is 10.1. The molecule has 0 aliphatic heterocycles. The molecule has 0 aromatic heterocycles. The normalized spacial score (nSPS) is 28.2. The maximum atomic E-state index is 11.5. The van der Waals surface area contributed by atoms with Crippen molar-refractivity contribution in [2.24, 2.45) is 5.92 Å². The molecule has 3 heteroatoms. The Morgan fingerprint density at radius 1 is 1.69 bits per heavy atom. The molecule has 2 atom stereocenters. The molecular weight excluding hydrogens is 296 g/mol. The summed E-state index contributed by atoms with van der Waals surface area (Å²) in [7, 11) is 0.